The second-order valence-electron chi connectivity index (χ2n) is 4.79. The molecule has 0 aliphatic rings. The van der Waals surface area contributed by atoms with Crippen LogP contribution in [0.5, 0.6) is 5.75 Å². The van der Waals surface area contributed by atoms with Gasteiger partial charge in [-0.15, -0.1) is 0 Å². The Morgan fingerprint density at radius 2 is 2.09 bits per heavy atom. The first kappa shape index (κ1) is 15.0. The normalized spacial score (nSPS) is 10.7. The van der Waals surface area contributed by atoms with Crippen LogP contribution in [0.2, 0.25) is 0 Å². The van der Waals surface area contributed by atoms with Gasteiger partial charge in [-0.25, -0.2) is 4.98 Å². The molecule has 1 amide bonds. The molecule has 0 atom stereocenters. The zero-order valence-corrected chi connectivity index (χ0v) is 14.4. The highest BCUT2D eigenvalue weighted by molar-refractivity contribution is 9.10. The summed E-state index contributed by atoms with van der Waals surface area (Å²) < 4.78 is 7.11. The Morgan fingerprint density at radius 3 is 2.86 bits per heavy atom. The van der Waals surface area contributed by atoms with E-state index in [2.05, 4.69) is 32.3 Å². The SMILES string of the molecule is COc1ccc(Br)cc1C(=O)Nc1nc2ccc(C)cc2s1. The molecule has 1 heterocycles. The summed E-state index contributed by atoms with van der Waals surface area (Å²) in [6, 6.07) is 11.3. The van der Waals surface area contributed by atoms with Crippen molar-refractivity contribution in [3.63, 3.8) is 0 Å². The number of hydrogen-bond donors (Lipinski definition) is 1. The van der Waals surface area contributed by atoms with Crippen molar-refractivity contribution >= 4 is 48.5 Å². The van der Waals surface area contributed by atoms with Crippen LogP contribution in [-0.4, -0.2) is 18.0 Å². The maximum atomic E-state index is 12.4. The van der Waals surface area contributed by atoms with Gasteiger partial charge in [-0.05, 0) is 42.8 Å². The maximum absolute atomic E-state index is 12.4. The van der Waals surface area contributed by atoms with E-state index in [1.165, 1.54) is 16.9 Å². The standard InChI is InChI=1S/C16H13BrN2O2S/c1-9-3-5-12-14(7-9)22-16(18-12)19-15(20)11-8-10(17)4-6-13(11)21-2/h3-8H,1-2H3,(H,18,19,20). The van der Waals surface area contributed by atoms with Gasteiger partial charge in [-0.3, -0.25) is 10.1 Å². The molecule has 2 aromatic carbocycles. The number of methoxy groups -OCH3 is 1. The fourth-order valence-corrected chi connectivity index (χ4v) is 3.43. The summed E-state index contributed by atoms with van der Waals surface area (Å²) in [6.45, 7) is 2.03. The van der Waals surface area contributed by atoms with Crippen molar-refractivity contribution in [3.05, 3.63) is 52.0 Å². The Balaban J connectivity index is 1.91. The van der Waals surface area contributed by atoms with Crippen molar-refractivity contribution in [3.8, 4) is 5.75 Å². The lowest BCUT2D eigenvalue weighted by Crippen LogP contribution is -2.13. The molecular weight excluding hydrogens is 364 g/mol. The molecule has 0 fully saturated rings. The molecule has 0 saturated heterocycles. The number of ether oxygens (including phenoxy) is 1. The number of fused-ring (bicyclic) bond motifs is 1. The van der Waals surface area contributed by atoms with Crippen molar-refractivity contribution in [1.82, 2.24) is 4.98 Å². The van der Waals surface area contributed by atoms with Gasteiger partial charge in [0.2, 0.25) is 0 Å². The zero-order valence-electron chi connectivity index (χ0n) is 12.0. The number of halogens is 1. The quantitative estimate of drug-likeness (QED) is 0.724. The summed E-state index contributed by atoms with van der Waals surface area (Å²) in [5.41, 5.74) is 2.52. The third kappa shape index (κ3) is 2.98. The lowest BCUT2D eigenvalue weighted by molar-refractivity contribution is 0.102. The van der Waals surface area contributed by atoms with Gasteiger partial charge in [0.1, 0.15) is 5.75 Å². The molecule has 3 rings (SSSR count). The first-order valence-corrected chi connectivity index (χ1v) is 8.20. The van der Waals surface area contributed by atoms with Crippen LogP contribution in [0.4, 0.5) is 5.13 Å². The number of nitrogens with zero attached hydrogens (tertiary/aromatic N) is 1. The van der Waals surface area contributed by atoms with Crippen molar-refractivity contribution < 1.29 is 9.53 Å². The fraction of sp³-hybridized carbons (Fsp3) is 0.125. The molecule has 112 valence electrons. The molecule has 22 heavy (non-hydrogen) atoms. The lowest BCUT2D eigenvalue weighted by atomic mass is 10.2. The zero-order chi connectivity index (χ0) is 15.7. The third-order valence-electron chi connectivity index (χ3n) is 3.17. The van der Waals surface area contributed by atoms with Crippen molar-refractivity contribution in [2.24, 2.45) is 0 Å². The highest BCUT2D eigenvalue weighted by atomic mass is 79.9. The van der Waals surface area contributed by atoms with Crippen LogP contribution in [0.1, 0.15) is 15.9 Å². The monoisotopic (exact) mass is 376 g/mol. The summed E-state index contributed by atoms with van der Waals surface area (Å²) in [5.74, 6) is 0.284. The predicted octanol–water partition coefficient (Wildman–Crippen LogP) is 4.63. The van der Waals surface area contributed by atoms with Crippen molar-refractivity contribution in [2.45, 2.75) is 6.92 Å². The van der Waals surface area contributed by atoms with E-state index in [1.54, 1.807) is 19.2 Å². The number of amides is 1. The van der Waals surface area contributed by atoms with E-state index in [-0.39, 0.29) is 5.91 Å². The van der Waals surface area contributed by atoms with Crippen molar-refractivity contribution in [1.29, 1.82) is 0 Å². The van der Waals surface area contributed by atoms with Crippen LogP contribution in [0, 0.1) is 6.92 Å². The summed E-state index contributed by atoms with van der Waals surface area (Å²) in [5, 5.41) is 3.41. The number of anilines is 1. The molecule has 0 spiro atoms. The van der Waals surface area contributed by atoms with Gasteiger partial charge >= 0.3 is 0 Å². The predicted molar refractivity (Wildman–Crippen MR) is 93.0 cm³/mol. The number of benzene rings is 2. The molecule has 6 heteroatoms. The van der Waals surface area contributed by atoms with Crippen molar-refractivity contribution in [2.75, 3.05) is 12.4 Å². The number of carbonyl (C=O) groups is 1. The molecule has 0 radical (unpaired) electrons. The van der Waals surface area contributed by atoms with E-state index in [1.807, 2.05) is 25.1 Å². The van der Waals surface area contributed by atoms with Crippen LogP contribution in [-0.2, 0) is 0 Å². The molecule has 1 N–H and O–H groups in total. The number of aryl methyl sites for hydroxylation is 1. The summed E-state index contributed by atoms with van der Waals surface area (Å²) in [4.78, 5) is 16.9. The minimum Gasteiger partial charge on any atom is -0.496 e. The summed E-state index contributed by atoms with van der Waals surface area (Å²) in [6.07, 6.45) is 0. The van der Waals surface area contributed by atoms with Crippen LogP contribution >= 0.6 is 27.3 Å². The van der Waals surface area contributed by atoms with Crippen LogP contribution in [0.15, 0.2) is 40.9 Å². The smallest absolute Gasteiger partial charge is 0.261 e. The van der Waals surface area contributed by atoms with E-state index in [4.69, 9.17) is 4.74 Å². The van der Waals surface area contributed by atoms with Gasteiger partial charge < -0.3 is 4.74 Å². The fourth-order valence-electron chi connectivity index (χ4n) is 2.11. The molecule has 0 aliphatic heterocycles. The highest BCUT2D eigenvalue weighted by Gasteiger charge is 2.15. The maximum Gasteiger partial charge on any atom is 0.261 e. The number of rotatable bonds is 3. The highest BCUT2D eigenvalue weighted by Crippen LogP contribution is 2.28. The summed E-state index contributed by atoms with van der Waals surface area (Å²) >= 11 is 4.82. The Bertz CT molecular complexity index is 860. The number of thiazole rings is 1. The minimum absolute atomic E-state index is 0.242. The van der Waals surface area contributed by atoms with Gasteiger partial charge in [-0.1, -0.05) is 33.3 Å². The molecule has 4 nitrogen and oxygen atoms in total. The second kappa shape index (κ2) is 6.06. The summed E-state index contributed by atoms with van der Waals surface area (Å²) in [7, 11) is 1.54. The molecule has 0 saturated carbocycles. The van der Waals surface area contributed by atoms with Gasteiger partial charge in [0, 0.05) is 4.47 Å². The van der Waals surface area contributed by atoms with E-state index in [0.717, 1.165) is 14.7 Å². The second-order valence-corrected chi connectivity index (χ2v) is 6.74. The number of nitrogens with one attached hydrogen (secondary N) is 1. The molecule has 1 aromatic heterocycles. The molecule has 0 bridgehead atoms. The first-order chi connectivity index (χ1) is 10.6. The van der Waals surface area contributed by atoms with Gasteiger partial charge in [-0.2, -0.15) is 0 Å². The average molecular weight is 377 g/mol. The molecule has 0 unspecified atom stereocenters. The number of aromatic nitrogens is 1. The molecular formula is C16H13BrN2O2S. The molecule has 0 aliphatic carbocycles. The van der Waals surface area contributed by atoms with Gasteiger partial charge in [0.15, 0.2) is 5.13 Å². The van der Waals surface area contributed by atoms with Gasteiger partial charge in [0.05, 0.1) is 22.9 Å². The van der Waals surface area contributed by atoms with E-state index in [9.17, 15) is 4.79 Å². The Morgan fingerprint density at radius 1 is 1.27 bits per heavy atom. The Kier molecular flexibility index (Phi) is 4.13. The topological polar surface area (TPSA) is 51.2 Å². The van der Waals surface area contributed by atoms with Crippen LogP contribution in [0.3, 0.4) is 0 Å². The lowest BCUT2D eigenvalue weighted by Gasteiger charge is -2.08. The van der Waals surface area contributed by atoms with Crippen LogP contribution in [0.25, 0.3) is 10.2 Å². The average Bonchev–Trinajstić information content (AvgIpc) is 2.88. The minimum atomic E-state index is -0.242. The first-order valence-electron chi connectivity index (χ1n) is 6.59. The Labute approximate surface area is 140 Å². The van der Waals surface area contributed by atoms with E-state index < -0.39 is 0 Å². The number of hydrogen-bond acceptors (Lipinski definition) is 4. The number of carbonyl (C=O) groups excluding carboxylic acids is 1. The third-order valence-corrected chi connectivity index (χ3v) is 4.60. The van der Waals surface area contributed by atoms with E-state index in [0.29, 0.717) is 16.4 Å². The van der Waals surface area contributed by atoms with E-state index >= 15 is 0 Å². The Hall–Kier alpha value is -1.92. The molecule has 3 aromatic rings. The van der Waals surface area contributed by atoms with Crippen LogP contribution < -0.4 is 10.1 Å². The van der Waals surface area contributed by atoms with Gasteiger partial charge in [0.25, 0.3) is 5.91 Å². The largest absolute Gasteiger partial charge is 0.496 e.